The van der Waals surface area contributed by atoms with Crippen molar-refractivity contribution in [3.8, 4) is 11.5 Å². The molecule has 2 unspecified atom stereocenters. The third kappa shape index (κ3) is 6.83. The standard InChI is InChI=1S/C24H33NO5/c1-5-11-25-15-20(26)16-30-21(23(27)19-9-7-6-8-10-19)13-18-12-17(2)24(29-4)22(14-18)28-3/h6-10,12,14,20-21,25-26H,5,11,13,15-16H2,1-4H3. The summed E-state index contributed by atoms with van der Waals surface area (Å²) in [5.74, 6) is 1.17. The zero-order chi connectivity index (χ0) is 21.9. The minimum atomic E-state index is -0.717. The summed E-state index contributed by atoms with van der Waals surface area (Å²) in [4.78, 5) is 13.1. The number of hydrogen-bond acceptors (Lipinski definition) is 6. The fraction of sp³-hybridized carbons (Fsp3) is 0.458. The maximum atomic E-state index is 13.1. The molecular weight excluding hydrogens is 382 g/mol. The summed E-state index contributed by atoms with van der Waals surface area (Å²) < 4.78 is 16.8. The third-order valence-electron chi connectivity index (χ3n) is 4.79. The number of nitrogens with one attached hydrogen (secondary N) is 1. The van der Waals surface area contributed by atoms with Gasteiger partial charge in [-0.1, -0.05) is 43.3 Å². The van der Waals surface area contributed by atoms with Crippen LogP contribution in [0.3, 0.4) is 0 Å². The Morgan fingerprint density at radius 1 is 1.13 bits per heavy atom. The van der Waals surface area contributed by atoms with Crippen molar-refractivity contribution in [1.29, 1.82) is 0 Å². The van der Waals surface area contributed by atoms with Crippen LogP contribution in [0.25, 0.3) is 0 Å². The normalized spacial score (nSPS) is 13.0. The van der Waals surface area contributed by atoms with Gasteiger partial charge in [-0.3, -0.25) is 4.79 Å². The Bertz CT molecular complexity index is 794. The van der Waals surface area contributed by atoms with Gasteiger partial charge in [0.05, 0.1) is 26.9 Å². The van der Waals surface area contributed by atoms with E-state index in [0.717, 1.165) is 24.1 Å². The summed E-state index contributed by atoms with van der Waals surface area (Å²) in [7, 11) is 3.19. The summed E-state index contributed by atoms with van der Waals surface area (Å²) >= 11 is 0. The SMILES string of the molecule is CCCNCC(O)COC(Cc1cc(C)c(OC)c(OC)c1)C(=O)c1ccccc1. The first-order valence-corrected chi connectivity index (χ1v) is 10.3. The molecule has 0 fully saturated rings. The number of aryl methyl sites for hydroxylation is 1. The summed E-state index contributed by atoms with van der Waals surface area (Å²) in [6, 6.07) is 12.9. The molecule has 6 nitrogen and oxygen atoms in total. The lowest BCUT2D eigenvalue weighted by molar-refractivity contribution is -0.00164. The molecule has 0 saturated carbocycles. The van der Waals surface area contributed by atoms with Crippen LogP contribution in [0.15, 0.2) is 42.5 Å². The first kappa shape index (κ1) is 23.9. The molecule has 0 aromatic heterocycles. The van der Waals surface area contributed by atoms with E-state index in [2.05, 4.69) is 12.2 Å². The van der Waals surface area contributed by atoms with E-state index in [9.17, 15) is 9.90 Å². The molecule has 0 spiro atoms. The van der Waals surface area contributed by atoms with Crippen molar-refractivity contribution in [1.82, 2.24) is 5.32 Å². The lowest BCUT2D eigenvalue weighted by Gasteiger charge is -2.21. The lowest BCUT2D eigenvalue weighted by Crippen LogP contribution is -2.35. The molecular formula is C24H33NO5. The van der Waals surface area contributed by atoms with E-state index in [4.69, 9.17) is 14.2 Å². The zero-order valence-corrected chi connectivity index (χ0v) is 18.3. The molecule has 2 aromatic carbocycles. The lowest BCUT2D eigenvalue weighted by atomic mass is 9.98. The molecule has 0 aliphatic heterocycles. The molecule has 30 heavy (non-hydrogen) atoms. The Hall–Kier alpha value is -2.41. The molecule has 0 heterocycles. The van der Waals surface area contributed by atoms with E-state index in [0.29, 0.717) is 30.0 Å². The van der Waals surface area contributed by atoms with Gasteiger partial charge in [0, 0.05) is 18.5 Å². The Kier molecular flexibility index (Phi) is 9.80. The van der Waals surface area contributed by atoms with Crippen molar-refractivity contribution in [3.63, 3.8) is 0 Å². The fourth-order valence-corrected chi connectivity index (χ4v) is 3.31. The number of ether oxygens (including phenoxy) is 3. The van der Waals surface area contributed by atoms with Crippen LogP contribution in [0.1, 0.15) is 34.8 Å². The predicted octanol–water partition coefficient (Wildman–Crippen LogP) is 3.18. The molecule has 2 aromatic rings. The number of rotatable bonds is 13. The number of ketones is 1. The van der Waals surface area contributed by atoms with Gasteiger partial charge in [0.1, 0.15) is 6.10 Å². The monoisotopic (exact) mass is 415 g/mol. The Labute approximate surface area is 179 Å². The van der Waals surface area contributed by atoms with Crippen molar-refractivity contribution in [3.05, 3.63) is 59.2 Å². The highest BCUT2D eigenvalue weighted by Gasteiger charge is 2.23. The van der Waals surface area contributed by atoms with Gasteiger partial charge in [0.25, 0.3) is 0 Å². The Morgan fingerprint density at radius 3 is 2.50 bits per heavy atom. The van der Waals surface area contributed by atoms with E-state index in [1.54, 1.807) is 26.4 Å². The number of benzene rings is 2. The number of carbonyl (C=O) groups excluding carboxylic acids is 1. The molecule has 0 aliphatic rings. The highest BCUT2D eigenvalue weighted by molar-refractivity contribution is 5.99. The summed E-state index contributed by atoms with van der Waals surface area (Å²) in [6.45, 7) is 5.33. The zero-order valence-electron chi connectivity index (χ0n) is 18.3. The smallest absolute Gasteiger partial charge is 0.191 e. The second kappa shape index (κ2) is 12.3. The van der Waals surface area contributed by atoms with Crippen LogP contribution in [0, 0.1) is 6.92 Å². The Balaban J connectivity index is 2.19. The van der Waals surface area contributed by atoms with Gasteiger partial charge in [-0.15, -0.1) is 0 Å². The van der Waals surface area contributed by atoms with Crippen LogP contribution in [0.2, 0.25) is 0 Å². The van der Waals surface area contributed by atoms with Crippen LogP contribution >= 0.6 is 0 Å². The maximum Gasteiger partial charge on any atom is 0.191 e. The van der Waals surface area contributed by atoms with Crippen LogP contribution in [-0.4, -0.2) is 57.0 Å². The topological polar surface area (TPSA) is 77.0 Å². The van der Waals surface area contributed by atoms with Crippen LogP contribution in [0.4, 0.5) is 0 Å². The van der Waals surface area contributed by atoms with E-state index in [-0.39, 0.29) is 12.4 Å². The molecule has 6 heteroatoms. The predicted molar refractivity (Wildman–Crippen MR) is 118 cm³/mol. The largest absolute Gasteiger partial charge is 0.493 e. The fourth-order valence-electron chi connectivity index (χ4n) is 3.31. The number of aliphatic hydroxyl groups excluding tert-OH is 1. The summed E-state index contributed by atoms with van der Waals surface area (Å²) in [6.07, 6.45) is -0.0498. The van der Waals surface area contributed by atoms with Crippen molar-refractivity contribution >= 4 is 5.78 Å². The molecule has 0 amide bonds. The van der Waals surface area contributed by atoms with Crippen molar-refractivity contribution < 1.29 is 24.1 Å². The second-order valence-corrected chi connectivity index (χ2v) is 7.26. The van der Waals surface area contributed by atoms with Gasteiger partial charge in [0.2, 0.25) is 0 Å². The number of carbonyl (C=O) groups is 1. The van der Waals surface area contributed by atoms with Crippen LogP contribution < -0.4 is 14.8 Å². The first-order valence-electron chi connectivity index (χ1n) is 10.3. The molecule has 0 radical (unpaired) electrons. The average Bonchev–Trinajstić information content (AvgIpc) is 2.76. The van der Waals surface area contributed by atoms with Crippen molar-refractivity contribution in [2.24, 2.45) is 0 Å². The molecule has 2 rings (SSSR count). The van der Waals surface area contributed by atoms with Crippen molar-refractivity contribution in [2.75, 3.05) is 33.9 Å². The maximum absolute atomic E-state index is 13.1. The minimum Gasteiger partial charge on any atom is -0.493 e. The number of Topliss-reactive ketones (excluding diaryl/α,β-unsaturated/α-hetero) is 1. The van der Waals surface area contributed by atoms with Crippen LogP contribution in [0.5, 0.6) is 11.5 Å². The summed E-state index contributed by atoms with van der Waals surface area (Å²) in [5.41, 5.74) is 2.40. The third-order valence-corrected chi connectivity index (χ3v) is 4.79. The van der Waals surface area contributed by atoms with Crippen molar-refractivity contribution in [2.45, 2.75) is 38.9 Å². The molecule has 2 N–H and O–H groups in total. The van der Waals surface area contributed by atoms with E-state index >= 15 is 0 Å². The van der Waals surface area contributed by atoms with Gasteiger partial charge >= 0.3 is 0 Å². The highest BCUT2D eigenvalue weighted by atomic mass is 16.5. The average molecular weight is 416 g/mol. The van der Waals surface area contributed by atoms with Gasteiger partial charge < -0.3 is 24.6 Å². The molecule has 0 aliphatic carbocycles. The van der Waals surface area contributed by atoms with E-state index in [1.807, 2.05) is 37.3 Å². The molecule has 0 saturated heterocycles. The first-order chi connectivity index (χ1) is 14.5. The quantitative estimate of drug-likeness (QED) is 0.387. The molecule has 2 atom stereocenters. The van der Waals surface area contributed by atoms with E-state index in [1.165, 1.54) is 0 Å². The van der Waals surface area contributed by atoms with E-state index < -0.39 is 12.2 Å². The van der Waals surface area contributed by atoms with Gasteiger partial charge in [-0.2, -0.15) is 0 Å². The van der Waals surface area contributed by atoms with Gasteiger partial charge in [-0.25, -0.2) is 0 Å². The summed E-state index contributed by atoms with van der Waals surface area (Å²) in [5, 5.41) is 13.4. The molecule has 164 valence electrons. The van der Waals surface area contributed by atoms with Gasteiger partial charge in [-0.05, 0) is 37.1 Å². The molecule has 0 bridgehead atoms. The van der Waals surface area contributed by atoms with Gasteiger partial charge in [0.15, 0.2) is 17.3 Å². The Morgan fingerprint density at radius 2 is 1.87 bits per heavy atom. The minimum absolute atomic E-state index is 0.0756. The number of methoxy groups -OCH3 is 2. The van der Waals surface area contributed by atoms with Crippen LogP contribution in [-0.2, 0) is 11.2 Å². The highest BCUT2D eigenvalue weighted by Crippen LogP contribution is 2.32. The number of aliphatic hydroxyl groups is 1. The number of hydrogen-bond donors (Lipinski definition) is 2. The second-order valence-electron chi connectivity index (χ2n) is 7.26.